The van der Waals surface area contributed by atoms with E-state index in [1.54, 1.807) is 6.20 Å². The number of piperidine rings is 1. The van der Waals surface area contributed by atoms with E-state index in [9.17, 15) is 4.79 Å². The van der Waals surface area contributed by atoms with Crippen LogP contribution in [0.15, 0.2) is 47.0 Å². The van der Waals surface area contributed by atoms with Crippen molar-refractivity contribution in [2.75, 3.05) is 24.6 Å². The quantitative estimate of drug-likeness (QED) is 0.609. The van der Waals surface area contributed by atoms with Crippen molar-refractivity contribution in [3.63, 3.8) is 0 Å². The Hall–Kier alpha value is -3.22. The Balaban J connectivity index is 1.54. The number of ether oxygens (including phenoxy) is 1. The second-order valence-electron chi connectivity index (χ2n) is 7.17. The van der Waals surface area contributed by atoms with Crippen molar-refractivity contribution in [1.29, 1.82) is 0 Å². The van der Waals surface area contributed by atoms with E-state index < -0.39 is 0 Å². The number of hydrogen-bond acceptors (Lipinski definition) is 7. The second-order valence-corrected chi connectivity index (χ2v) is 7.17. The predicted octanol–water partition coefficient (Wildman–Crippen LogP) is 3.89. The molecule has 3 heterocycles. The highest BCUT2D eigenvalue weighted by Crippen LogP contribution is 2.32. The zero-order valence-corrected chi connectivity index (χ0v) is 16.7. The van der Waals surface area contributed by atoms with Gasteiger partial charge in [0, 0.05) is 24.8 Å². The van der Waals surface area contributed by atoms with Crippen LogP contribution >= 0.6 is 0 Å². The minimum atomic E-state index is -0.104. The van der Waals surface area contributed by atoms with Crippen LogP contribution in [-0.4, -0.2) is 40.8 Å². The summed E-state index contributed by atoms with van der Waals surface area (Å²) in [5.74, 6) is 1.57. The Morgan fingerprint density at radius 3 is 2.59 bits per heavy atom. The number of nitrogens with zero attached hydrogens (tertiary/aromatic N) is 4. The van der Waals surface area contributed by atoms with E-state index in [-0.39, 0.29) is 11.9 Å². The molecule has 7 heteroatoms. The van der Waals surface area contributed by atoms with Crippen LogP contribution in [0.25, 0.3) is 22.9 Å². The average Bonchev–Trinajstić information content (AvgIpc) is 3.25. The van der Waals surface area contributed by atoms with E-state index in [1.807, 2.05) is 50.2 Å². The maximum absolute atomic E-state index is 12.0. The third-order valence-electron chi connectivity index (χ3n) is 5.16. The predicted molar refractivity (Wildman–Crippen MR) is 109 cm³/mol. The molecule has 0 N–H and O–H groups in total. The van der Waals surface area contributed by atoms with Crippen LogP contribution in [-0.2, 0) is 9.53 Å². The highest BCUT2D eigenvalue weighted by molar-refractivity contribution is 5.74. The van der Waals surface area contributed by atoms with Crippen LogP contribution < -0.4 is 4.90 Å². The standard InChI is InChI=1S/C22H24N4O3/c1-3-28-22(27)17-10-13-26(14-11-17)19-18(5-4-12-23-19)21-25-24-20(29-21)16-8-6-15(2)7-9-16/h4-9,12,17H,3,10-11,13-14H2,1-2H3. The Morgan fingerprint density at radius 1 is 1.14 bits per heavy atom. The summed E-state index contributed by atoms with van der Waals surface area (Å²) >= 11 is 0. The third kappa shape index (κ3) is 4.13. The van der Waals surface area contributed by atoms with Gasteiger partial charge in [0.05, 0.1) is 18.1 Å². The molecule has 1 fully saturated rings. The average molecular weight is 392 g/mol. The molecule has 0 atom stereocenters. The molecule has 2 aromatic heterocycles. The van der Waals surface area contributed by atoms with Crippen molar-refractivity contribution in [3.05, 3.63) is 48.2 Å². The van der Waals surface area contributed by atoms with E-state index in [2.05, 4.69) is 20.1 Å². The number of rotatable bonds is 5. The first-order valence-corrected chi connectivity index (χ1v) is 9.93. The summed E-state index contributed by atoms with van der Waals surface area (Å²) in [6, 6.07) is 11.8. The highest BCUT2D eigenvalue weighted by atomic mass is 16.5. The zero-order chi connectivity index (χ0) is 20.2. The minimum absolute atomic E-state index is 0.0464. The number of anilines is 1. The molecule has 0 bridgehead atoms. The highest BCUT2D eigenvalue weighted by Gasteiger charge is 2.28. The van der Waals surface area contributed by atoms with Gasteiger partial charge in [-0.2, -0.15) is 0 Å². The first-order chi connectivity index (χ1) is 14.2. The SMILES string of the molecule is CCOC(=O)C1CCN(c2ncccc2-c2nnc(-c3ccc(C)cc3)o2)CC1. The second kappa shape index (κ2) is 8.43. The van der Waals surface area contributed by atoms with Crippen molar-refractivity contribution in [3.8, 4) is 22.9 Å². The first kappa shape index (κ1) is 19.1. The molecule has 29 heavy (non-hydrogen) atoms. The van der Waals surface area contributed by atoms with Gasteiger partial charge in [0.15, 0.2) is 0 Å². The summed E-state index contributed by atoms with van der Waals surface area (Å²) in [7, 11) is 0. The lowest BCUT2D eigenvalue weighted by molar-refractivity contribution is -0.148. The minimum Gasteiger partial charge on any atom is -0.466 e. The lowest BCUT2D eigenvalue weighted by Crippen LogP contribution is -2.37. The Labute approximate surface area is 169 Å². The topological polar surface area (TPSA) is 81.4 Å². The van der Waals surface area contributed by atoms with Crippen LogP contribution in [0, 0.1) is 12.8 Å². The lowest BCUT2D eigenvalue weighted by Gasteiger charge is -2.32. The number of benzene rings is 1. The van der Waals surface area contributed by atoms with Gasteiger partial charge < -0.3 is 14.1 Å². The van der Waals surface area contributed by atoms with Gasteiger partial charge in [-0.15, -0.1) is 10.2 Å². The number of carbonyl (C=O) groups is 1. The molecule has 0 radical (unpaired) electrons. The van der Waals surface area contributed by atoms with Gasteiger partial charge in [-0.25, -0.2) is 4.98 Å². The number of aryl methyl sites for hydroxylation is 1. The smallest absolute Gasteiger partial charge is 0.309 e. The Kier molecular flexibility index (Phi) is 5.55. The van der Waals surface area contributed by atoms with Crippen LogP contribution in [0.5, 0.6) is 0 Å². The van der Waals surface area contributed by atoms with E-state index in [1.165, 1.54) is 5.56 Å². The largest absolute Gasteiger partial charge is 0.466 e. The summed E-state index contributed by atoms with van der Waals surface area (Å²) in [5, 5.41) is 8.46. The Bertz CT molecular complexity index is 976. The number of aromatic nitrogens is 3. The molecule has 150 valence electrons. The van der Waals surface area contributed by atoms with Crippen LogP contribution in [0.1, 0.15) is 25.3 Å². The summed E-state index contributed by atoms with van der Waals surface area (Å²) in [6.45, 7) is 5.75. The molecule has 1 aliphatic heterocycles. The number of pyridine rings is 1. The van der Waals surface area contributed by atoms with Gasteiger partial charge in [0.25, 0.3) is 5.89 Å². The van der Waals surface area contributed by atoms with Gasteiger partial charge >= 0.3 is 5.97 Å². The van der Waals surface area contributed by atoms with Gasteiger partial charge in [0.2, 0.25) is 5.89 Å². The maximum atomic E-state index is 12.0. The van der Waals surface area contributed by atoms with Crippen LogP contribution in [0.3, 0.4) is 0 Å². The van der Waals surface area contributed by atoms with E-state index in [0.717, 1.165) is 42.9 Å². The summed E-state index contributed by atoms with van der Waals surface area (Å²) < 4.78 is 11.1. The summed E-state index contributed by atoms with van der Waals surface area (Å²) in [5.41, 5.74) is 2.86. The number of carbonyl (C=O) groups excluding carboxylic acids is 1. The van der Waals surface area contributed by atoms with Gasteiger partial charge in [-0.3, -0.25) is 4.79 Å². The lowest BCUT2D eigenvalue weighted by atomic mass is 9.96. The fraction of sp³-hybridized carbons (Fsp3) is 0.364. The number of hydrogen-bond donors (Lipinski definition) is 0. The van der Waals surface area contributed by atoms with Crippen LogP contribution in [0.2, 0.25) is 0 Å². The first-order valence-electron chi connectivity index (χ1n) is 9.93. The van der Waals surface area contributed by atoms with E-state index in [0.29, 0.717) is 18.4 Å². The summed E-state index contributed by atoms with van der Waals surface area (Å²) in [6.07, 6.45) is 3.24. The molecule has 3 aromatic rings. The Morgan fingerprint density at radius 2 is 1.86 bits per heavy atom. The molecule has 0 amide bonds. The normalized spacial score (nSPS) is 14.8. The van der Waals surface area contributed by atoms with Crippen molar-refractivity contribution in [1.82, 2.24) is 15.2 Å². The van der Waals surface area contributed by atoms with E-state index in [4.69, 9.17) is 9.15 Å². The van der Waals surface area contributed by atoms with Crippen molar-refractivity contribution < 1.29 is 13.9 Å². The van der Waals surface area contributed by atoms with E-state index >= 15 is 0 Å². The molecular weight excluding hydrogens is 368 g/mol. The fourth-order valence-corrected chi connectivity index (χ4v) is 3.55. The van der Waals surface area contributed by atoms with Crippen molar-refractivity contribution >= 4 is 11.8 Å². The zero-order valence-electron chi connectivity index (χ0n) is 16.7. The van der Waals surface area contributed by atoms with Crippen molar-refractivity contribution in [2.45, 2.75) is 26.7 Å². The van der Waals surface area contributed by atoms with Gasteiger partial charge in [0.1, 0.15) is 5.82 Å². The molecule has 0 spiro atoms. The molecule has 0 aliphatic carbocycles. The molecule has 4 rings (SSSR count). The van der Waals surface area contributed by atoms with Gasteiger partial charge in [-0.1, -0.05) is 17.7 Å². The molecule has 7 nitrogen and oxygen atoms in total. The fourth-order valence-electron chi connectivity index (χ4n) is 3.55. The van der Waals surface area contributed by atoms with Crippen LogP contribution in [0.4, 0.5) is 5.82 Å². The molecule has 0 saturated carbocycles. The van der Waals surface area contributed by atoms with Gasteiger partial charge in [-0.05, 0) is 51.0 Å². The molecule has 1 saturated heterocycles. The molecule has 1 aromatic carbocycles. The maximum Gasteiger partial charge on any atom is 0.309 e. The monoisotopic (exact) mass is 392 g/mol. The summed E-state index contributed by atoms with van der Waals surface area (Å²) in [4.78, 5) is 18.7. The molecule has 0 unspecified atom stereocenters. The molecule has 1 aliphatic rings. The van der Waals surface area contributed by atoms with Crippen molar-refractivity contribution in [2.24, 2.45) is 5.92 Å². The molecular formula is C22H24N4O3. The number of esters is 1. The third-order valence-corrected chi connectivity index (χ3v) is 5.16.